The van der Waals surface area contributed by atoms with Gasteiger partial charge >= 0.3 is 0 Å². The molecule has 0 aromatic heterocycles. The molecule has 1 aliphatic heterocycles. The highest BCUT2D eigenvalue weighted by atomic mass is 35.5. The van der Waals surface area contributed by atoms with Crippen LogP contribution in [0.3, 0.4) is 0 Å². The van der Waals surface area contributed by atoms with E-state index in [1.165, 1.54) is 16.8 Å². The first-order valence-electron chi connectivity index (χ1n) is 7.11. The molecule has 3 heteroatoms. The summed E-state index contributed by atoms with van der Waals surface area (Å²) in [6.45, 7) is 3.99. The quantitative estimate of drug-likeness (QED) is 0.929. The van der Waals surface area contributed by atoms with Gasteiger partial charge in [-0.25, -0.2) is 0 Å². The summed E-state index contributed by atoms with van der Waals surface area (Å²) < 4.78 is 0. The van der Waals surface area contributed by atoms with Crippen molar-refractivity contribution in [1.82, 2.24) is 5.32 Å². The van der Waals surface area contributed by atoms with Gasteiger partial charge in [-0.1, -0.05) is 48.0 Å². The summed E-state index contributed by atoms with van der Waals surface area (Å²) in [4.78, 5) is 2.44. The summed E-state index contributed by atoms with van der Waals surface area (Å²) in [5, 5.41) is 4.28. The van der Waals surface area contributed by atoms with E-state index in [1.807, 2.05) is 6.07 Å². The summed E-state index contributed by atoms with van der Waals surface area (Å²) in [7, 11) is 0. The average Bonchev–Trinajstić information content (AvgIpc) is 2.68. The lowest BCUT2D eigenvalue weighted by Gasteiger charge is -2.25. The van der Waals surface area contributed by atoms with Gasteiger partial charge in [0.1, 0.15) is 0 Å². The number of anilines is 1. The Labute approximate surface area is 125 Å². The second kappa shape index (κ2) is 6.29. The SMILES string of the molecule is Clc1ccc2c(c1)N(CCc1ccccc1)CCNC2. The molecule has 20 heavy (non-hydrogen) atoms. The Morgan fingerprint density at radius 2 is 1.95 bits per heavy atom. The van der Waals surface area contributed by atoms with E-state index in [9.17, 15) is 0 Å². The van der Waals surface area contributed by atoms with E-state index in [-0.39, 0.29) is 0 Å². The lowest BCUT2D eigenvalue weighted by molar-refractivity contribution is 0.687. The maximum Gasteiger partial charge on any atom is 0.0427 e. The molecule has 2 nitrogen and oxygen atoms in total. The van der Waals surface area contributed by atoms with Crippen LogP contribution >= 0.6 is 11.6 Å². The molecule has 0 bridgehead atoms. The lowest BCUT2D eigenvalue weighted by Crippen LogP contribution is -2.30. The van der Waals surface area contributed by atoms with Crippen molar-refractivity contribution in [2.75, 3.05) is 24.5 Å². The Bertz CT molecular complexity index is 568. The monoisotopic (exact) mass is 286 g/mol. The van der Waals surface area contributed by atoms with E-state index >= 15 is 0 Å². The van der Waals surface area contributed by atoms with Crippen molar-refractivity contribution in [3.05, 3.63) is 64.7 Å². The topological polar surface area (TPSA) is 15.3 Å². The zero-order chi connectivity index (χ0) is 13.8. The lowest BCUT2D eigenvalue weighted by atomic mass is 10.1. The number of hydrogen-bond donors (Lipinski definition) is 1. The first-order valence-corrected chi connectivity index (χ1v) is 7.49. The highest BCUT2D eigenvalue weighted by Gasteiger charge is 2.15. The molecule has 2 aromatic carbocycles. The second-order valence-corrected chi connectivity index (χ2v) is 5.61. The number of benzene rings is 2. The van der Waals surface area contributed by atoms with Gasteiger partial charge < -0.3 is 10.2 Å². The first-order chi connectivity index (χ1) is 9.83. The van der Waals surface area contributed by atoms with Crippen molar-refractivity contribution in [2.24, 2.45) is 0 Å². The van der Waals surface area contributed by atoms with E-state index in [2.05, 4.69) is 52.7 Å². The molecule has 0 saturated heterocycles. The third-order valence-corrected chi connectivity index (χ3v) is 4.01. The predicted molar refractivity (Wildman–Crippen MR) is 85.5 cm³/mol. The van der Waals surface area contributed by atoms with Crippen LogP contribution in [0.15, 0.2) is 48.5 Å². The molecule has 0 saturated carbocycles. The summed E-state index contributed by atoms with van der Waals surface area (Å²) >= 11 is 6.17. The Kier molecular flexibility index (Phi) is 4.24. The number of nitrogens with zero attached hydrogens (tertiary/aromatic N) is 1. The van der Waals surface area contributed by atoms with E-state index in [0.29, 0.717) is 0 Å². The van der Waals surface area contributed by atoms with Crippen LogP contribution in [0.5, 0.6) is 0 Å². The van der Waals surface area contributed by atoms with E-state index in [4.69, 9.17) is 11.6 Å². The number of nitrogens with one attached hydrogen (secondary N) is 1. The Morgan fingerprint density at radius 1 is 1.10 bits per heavy atom. The molecule has 0 amide bonds. The Morgan fingerprint density at radius 3 is 2.80 bits per heavy atom. The second-order valence-electron chi connectivity index (χ2n) is 5.17. The van der Waals surface area contributed by atoms with Crippen molar-refractivity contribution in [3.8, 4) is 0 Å². The molecule has 0 unspecified atom stereocenters. The van der Waals surface area contributed by atoms with Crippen molar-refractivity contribution in [2.45, 2.75) is 13.0 Å². The molecule has 2 aromatic rings. The summed E-state index contributed by atoms with van der Waals surface area (Å²) in [6, 6.07) is 16.8. The fourth-order valence-electron chi connectivity index (χ4n) is 2.68. The van der Waals surface area contributed by atoms with Gasteiger partial charge in [-0.05, 0) is 29.7 Å². The zero-order valence-electron chi connectivity index (χ0n) is 11.5. The smallest absolute Gasteiger partial charge is 0.0427 e. The van der Waals surface area contributed by atoms with Gasteiger partial charge in [0.2, 0.25) is 0 Å². The molecule has 0 spiro atoms. The Balaban J connectivity index is 1.78. The van der Waals surface area contributed by atoms with Gasteiger partial charge in [0.25, 0.3) is 0 Å². The Hall–Kier alpha value is -1.51. The van der Waals surface area contributed by atoms with Crippen LogP contribution in [0, 0.1) is 0 Å². The number of fused-ring (bicyclic) bond motifs is 1. The van der Waals surface area contributed by atoms with Crippen LogP contribution in [0.4, 0.5) is 5.69 Å². The van der Waals surface area contributed by atoms with Gasteiger partial charge in [-0.15, -0.1) is 0 Å². The molecular weight excluding hydrogens is 268 g/mol. The normalized spacial score (nSPS) is 14.8. The number of hydrogen-bond acceptors (Lipinski definition) is 2. The van der Waals surface area contributed by atoms with Crippen molar-refractivity contribution in [1.29, 1.82) is 0 Å². The fraction of sp³-hybridized carbons (Fsp3) is 0.294. The van der Waals surface area contributed by atoms with E-state index < -0.39 is 0 Å². The molecule has 1 heterocycles. The highest BCUT2D eigenvalue weighted by molar-refractivity contribution is 6.30. The summed E-state index contributed by atoms with van der Waals surface area (Å²) in [5.41, 5.74) is 3.99. The van der Waals surface area contributed by atoms with Gasteiger partial charge in [-0.2, -0.15) is 0 Å². The molecule has 3 rings (SSSR count). The molecule has 0 fully saturated rings. The van der Waals surface area contributed by atoms with Crippen LogP contribution in [-0.4, -0.2) is 19.6 Å². The molecular formula is C17H19ClN2. The third-order valence-electron chi connectivity index (χ3n) is 3.78. The highest BCUT2D eigenvalue weighted by Crippen LogP contribution is 2.26. The molecule has 0 aliphatic carbocycles. The van der Waals surface area contributed by atoms with Crippen LogP contribution in [0.1, 0.15) is 11.1 Å². The molecule has 1 aliphatic rings. The largest absolute Gasteiger partial charge is 0.370 e. The minimum absolute atomic E-state index is 0.815. The molecule has 1 N–H and O–H groups in total. The molecule has 104 valence electrons. The van der Waals surface area contributed by atoms with Gasteiger partial charge in [0.15, 0.2) is 0 Å². The fourth-order valence-corrected chi connectivity index (χ4v) is 2.85. The third kappa shape index (κ3) is 3.14. The van der Waals surface area contributed by atoms with Gasteiger partial charge in [0.05, 0.1) is 0 Å². The summed E-state index contributed by atoms with van der Waals surface area (Å²) in [5.74, 6) is 0. The van der Waals surface area contributed by atoms with Crippen LogP contribution in [-0.2, 0) is 13.0 Å². The minimum atomic E-state index is 0.815. The van der Waals surface area contributed by atoms with Crippen LogP contribution in [0.2, 0.25) is 5.02 Å². The summed E-state index contributed by atoms with van der Waals surface area (Å²) in [6.07, 6.45) is 1.06. The average molecular weight is 287 g/mol. The number of halogens is 1. The first kappa shape index (κ1) is 13.5. The van der Waals surface area contributed by atoms with Crippen molar-refractivity contribution < 1.29 is 0 Å². The standard InChI is InChI=1S/C17H19ClN2/c18-16-7-6-15-13-19-9-11-20(17(15)12-16)10-8-14-4-2-1-3-5-14/h1-7,12,19H,8-11,13H2. The van der Waals surface area contributed by atoms with Gasteiger partial charge in [-0.3, -0.25) is 0 Å². The molecule has 0 atom stereocenters. The zero-order valence-corrected chi connectivity index (χ0v) is 12.2. The number of rotatable bonds is 3. The van der Waals surface area contributed by atoms with Gasteiger partial charge in [0, 0.05) is 36.9 Å². The van der Waals surface area contributed by atoms with Crippen molar-refractivity contribution in [3.63, 3.8) is 0 Å². The van der Waals surface area contributed by atoms with E-state index in [1.54, 1.807) is 0 Å². The van der Waals surface area contributed by atoms with Crippen molar-refractivity contribution >= 4 is 17.3 Å². The minimum Gasteiger partial charge on any atom is -0.370 e. The van der Waals surface area contributed by atoms with E-state index in [0.717, 1.165) is 37.6 Å². The molecule has 0 radical (unpaired) electrons. The maximum absolute atomic E-state index is 6.17. The predicted octanol–water partition coefficient (Wildman–Crippen LogP) is 3.49. The van der Waals surface area contributed by atoms with Crippen LogP contribution < -0.4 is 10.2 Å². The van der Waals surface area contributed by atoms with Crippen LogP contribution in [0.25, 0.3) is 0 Å². The maximum atomic E-state index is 6.17.